The first-order chi connectivity index (χ1) is 16.0. The van der Waals surface area contributed by atoms with Crippen LogP contribution in [0.25, 0.3) is 16.0 Å². The number of nitrogens with zero attached hydrogens (tertiary/aromatic N) is 3. The van der Waals surface area contributed by atoms with Crippen LogP contribution in [-0.4, -0.2) is 32.4 Å². The summed E-state index contributed by atoms with van der Waals surface area (Å²) in [5.74, 6) is -0.303. The van der Waals surface area contributed by atoms with Gasteiger partial charge in [0.1, 0.15) is 4.70 Å². The summed E-state index contributed by atoms with van der Waals surface area (Å²) in [5, 5.41) is 0.420. The number of hydrogen-bond donors (Lipinski definition) is 0. The summed E-state index contributed by atoms with van der Waals surface area (Å²) in [5.41, 5.74) is 2.19. The Kier molecular flexibility index (Phi) is 7.79. The molecule has 0 aliphatic heterocycles. The number of fused-ring (bicyclic) bond motifs is 1. The van der Waals surface area contributed by atoms with Crippen molar-refractivity contribution in [2.45, 2.75) is 25.0 Å². The quantitative estimate of drug-likeness (QED) is 0.120. The van der Waals surface area contributed by atoms with Crippen molar-refractivity contribution in [1.29, 1.82) is 0 Å². The second kappa shape index (κ2) is 10.8. The number of rotatable bonds is 8. The number of esters is 1. The van der Waals surface area contributed by atoms with E-state index in [1.165, 1.54) is 33.2 Å². The molecule has 0 aliphatic carbocycles. The normalized spacial score (nSPS) is 11.1. The molecular formula is C23H20BrN3O3S3. The van der Waals surface area contributed by atoms with E-state index in [4.69, 9.17) is 21.9 Å². The van der Waals surface area contributed by atoms with Gasteiger partial charge in [0.15, 0.2) is 14.8 Å². The highest BCUT2D eigenvalue weighted by Crippen LogP contribution is 2.26. The predicted octanol–water partition coefficient (Wildman–Crippen LogP) is 5.64. The number of carbonyl (C=O) groups excluding carboxylic acids is 1. The molecule has 0 spiro atoms. The standard InChI is InChI=1S/C23H20BrN3O3S3/c1-2-30-18(28)14-32-22-25-20-19(21(29)27(22)17-10-8-16(24)9-11-17)33-23(31)26(20)13-12-15-6-4-3-5-7-15/h3-11H,2,12-14H2,1H3. The zero-order valence-electron chi connectivity index (χ0n) is 17.7. The van der Waals surface area contributed by atoms with Crippen molar-refractivity contribution in [3.63, 3.8) is 0 Å². The van der Waals surface area contributed by atoms with Crippen molar-refractivity contribution >= 4 is 67.6 Å². The highest BCUT2D eigenvalue weighted by molar-refractivity contribution is 9.10. The van der Waals surface area contributed by atoms with Crippen LogP contribution in [-0.2, 0) is 22.5 Å². The summed E-state index contributed by atoms with van der Waals surface area (Å²) < 4.78 is 10.5. The first kappa shape index (κ1) is 23.9. The Morgan fingerprint density at radius 1 is 1.18 bits per heavy atom. The first-order valence-electron chi connectivity index (χ1n) is 10.2. The Labute approximate surface area is 212 Å². The molecule has 10 heteroatoms. The minimum atomic E-state index is -0.356. The van der Waals surface area contributed by atoms with Gasteiger partial charge in [0.2, 0.25) is 0 Å². The van der Waals surface area contributed by atoms with E-state index in [-0.39, 0.29) is 17.3 Å². The Bertz CT molecular complexity index is 1400. The van der Waals surface area contributed by atoms with Crippen LogP contribution in [0, 0.1) is 3.95 Å². The molecule has 0 fully saturated rings. The molecule has 0 bridgehead atoms. The van der Waals surface area contributed by atoms with Gasteiger partial charge in [-0.15, -0.1) is 0 Å². The third-order valence-electron chi connectivity index (χ3n) is 4.83. The maximum Gasteiger partial charge on any atom is 0.316 e. The maximum atomic E-state index is 13.6. The van der Waals surface area contributed by atoms with Gasteiger partial charge in [0.25, 0.3) is 5.56 Å². The number of hydrogen-bond acceptors (Lipinski definition) is 7. The van der Waals surface area contributed by atoms with E-state index in [0.29, 0.717) is 38.3 Å². The molecule has 6 nitrogen and oxygen atoms in total. The van der Waals surface area contributed by atoms with E-state index in [2.05, 4.69) is 28.1 Å². The zero-order chi connectivity index (χ0) is 23.4. The maximum absolute atomic E-state index is 13.6. The lowest BCUT2D eigenvalue weighted by Gasteiger charge is -2.13. The lowest BCUT2D eigenvalue weighted by molar-refractivity contribution is -0.139. The smallest absolute Gasteiger partial charge is 0.316 e. The van der Waals surface area contributed by atoms with E-state index in [0.717, 1.165) is 10.9 Å². The largest absolute Gasteiger partial charge is 0.465 e. The predicted molar refractivity (Wildman–Crippen MR) is 139 cm³/mol. The van der Waals surface area contributed by atoms with Gasteiger partial charge in [0, 0.05) is 11.0 Å². The fourth-order valence-electron chi connectivity index (χ4n) is 3.30. The molecule has 2 heterocycles. The number of halogens is 1. The van der Waals surface area contributed by atoms with E-state index in [1.807, 2.05) is 47.0 Å². The van der Waals surface area contributed by atoms with Gasteiger partial charge in [0.05, 0.1) is 18.0 Å². The molecule has 33 heavy (non-hydrogen) atoms. The van der Waals surface area contributed by atoms with E-state index in [1.54, 1.807) is 6.92 Å². The van der Waals surface area contributed by atoms with Gasteiger partial charge in [-0.2, -0.15) is 0 Å². The number of thioether (sulfide) groups is 1. The lowest BCUT2D eigenvalue weighted by Crippen LogP contribution is -2.22. The van der Waals surface area contributed by atoms with Crippen LogP contribution >= 0.6 is 51.2 Å². The SMILES string of the molecule is CCOC(=O)CSc1nc2c(sc(=S)n2CCc2ccccc2)c(=O)n1-c1ccc(Br)cc1. The number of thiazole rings is 1. The third-order valence-corrected chi connectivity index (χ3v) is 7.70. The Balaban J connectivity index is 1.80. The fraction of sp³-hybridized carbons (Fsp3) is 0.217. The van der Waals surface area contributed by atoms with Crippen LogP contribution in [0.2, 0.25) is 0 Å². The Morgan fingerprint density at radius 3 is 2.61 bits per heavy atom. The molecule has 0 N–H and O–H groups in total. The molecule has 0 atom stereocenters. The average molecular weight is 563 g/mol. The molecule has 2 aromatic heterocycles. The highest BCUT2D eigenvalue weighted by atomic mass is 79.9. The van der Waals surface area contributed by atoms with Gasteiger partial charge in [-0.05, 0) is 55.4 Å². The summed E-state index contributed by atoms with van der Waals surface area (Å²) in [6.45, 7) is 2.67. The van der Waals surface area contributed by atoms with Crippen LogP contribution in [0.5, 0.6) is 0 Å². The van der Waals surface area contributed by atoms with Crippen molar-refractivity contribution in [2.24, 2.45) is 0 Å². The van der Waals surface area contributed by atoms with Crippen molar-refractivity contribution in [2.75, 3.05) is 12.4 Å². The van der Waals surface area contributed by atoms with Gasteiger partial charge in [-0.25, -0.2) is 4.98 Å². The number of carbonyl (C=O) groups is 1. The fourth-order valence-corrected chi connectivity index (χ4v) is 5.68. The Hall–Kier alpha value is -2.27. The van der Waals surface area contributed by atoms with Crippen molar-refractivity contribution in [3.8, 4) is 5.69 Å². The molecule has 0 radical (unpaired) electrons. The van der Waals surface area contributed by atoms with Gasteiger partial charge < -0.3 is 9.30 Å². The van der Waals surface area contributed by atoms with Crippen LogP contribution in [0.15, 0.2) is 69.0 Å². The molecular weight excluding hydrogens is 542 g/mol. The monoisotopic (exact) mass is 561 g/mol. The highest BCUT2D eigenvalue weighted by Gasteiger charge is 2.19. The number of ether oxygens (including phenoxy) is 1. The van der Waals surface area contributed by atoms with E-state index >= 15 is 0 Å². The van der Waals surface area contributed by atoms with Gasteiger partial charge >= 0.3 is 5.97 Å². The van der Waals surface area contributed by atoms with E-state index in [9.17, 15) is 9.59 Å². The number of benzene rings is 2. The average Bonchev–Trinajstić information content (AvgIpc) is 3.13. The van der Waals surface area contributed by atoms with Crippen LogP contribution in [0.3, 0.4) is 0 Å². The molecule has 2 aromatic carbocycles. The lowest BCUT2D eigenvalue weighted by atomic mass is 10.1. The molecule has 0 saturated heterocycles. The molecule has 0 unspecified atom stereocenters. The van der Waals surface area contributed by atoms with Crippen LogP contribution in [0.4, 0.5) is 0 Å². The summed E-state index contributed by atoms with van der Waals surface area (Å²) >= 11 is 11.5. The topological polar surface area (TPSA) is 66.1 Å². The van der Waals surface area contributed by atoms with Gasteiger partial charge in [-0.3, -0.25) is 14.2 Å². The first-order valence-corrected chi connectivity index (χ1v) is 13.2. The zero-order valence-corrected chi connectivity index (χ0v) is 21.7. The van der Waals surface area contributed by atoms with Crippen LogP contribution < -0.4 is 5.56 Å². The second-order valence-corrected chi connectivity index (χ2v) is 10.5. The number of aryl methyl sites for hydroxylation is 2. The summed E-state index contributed by atoms with van der Waals surface area (Å²) in [6, 6.07) is 17.5. The van der Waals surface area contributed by atoms with E-state index < -0.39 is 0 Å². The van der Waals surface area contributed by atoms with Crippen molar-refractivity contribution in [1.82, 2.24) is 14.1 Å². The summed E-state index contributed by atoms with van der Waals surface area (Å²) in [7, 11) is 0. The molecule has 0 saturated carbocycles. The molecule has 170 valence electrons. The molecule has 4 aromatic rings. The second-order valence-electron chi connectivity index (χ2n) is 7.01. The molecule has 4 rings (SSSR count). The summed E-state index contributed by atoms with van der Waals surface area (Å²) in [6.07, 6.45) is 0.768. The minimum absolute atomic E-state index is 0.0528. The molecule has 0 aliphatic rings. The molecule has 0 amide bonds. The van der Waals surface area contributed by atoms with Gasteiger partial charge in [-0.1, -0.05) is 69.4 Å². The van der Waals surface area contributed by atoms with Crippen LogP contribution in [0.1, 0.15) is 12.5 Å². The van der Waals surface area contributed by atoms with Crippen molar-refractivity contribution < 1.29 is 9.53 Å². The summed E-state index contributed by atoms with van der Waals surface area (Å²) in [4.78, 5) is 30.4. The third kappa shape index (κ3) is 5.46. The minimum Gasteiger partial charge on any atom is -0.465 e. The number of aromatic nitrogens is 3. The Morgan fingerprint density at radius 2 is 1.91 bits per heavy atom. The van der Waals surface area contributed by atoms with Crippen molar-refractivity contribution in [3.05, 3.63) is 78.9 Å².